The predicted octanol–water partition coefficient (Wildman–Crippen LogP) is 2.03. The van der Waals surface area contributed by atoms with Crippen LogP contribution >= 0.6 is 0 Å². The number of unbranched alkanes of at least 4 members (excludes halogenated alkanes) is 1. The van der Waals surface area contributed by atoms with Crippen molar-refractivity contribution in [3.05, 3.63) is 12.2 Å². The first kappa shape index (κ1) is 17.1. The molecule has 0 aromatic heterocycles. The first-order chi connectivity index (χ1) is 8.49. The topological polar surface area (TPSA) is 57.5 Å². The lowest BCUT2D eigenvalue weighted by atomic mass is 10.1. The first-order valence-corrected chi connectivity index (χ1v) is 6.85. The highest BCUT2D eigenvalue weighted by Gasteiger charge is 2.29. The Balaban J connectivity index is 4.26. The molecule has 0 aliphatic carbocycles. The molecule has 0 bridgehead atoms. The summed E-state index contributed by atoms with van der Waals surface area (Å²) < 4.78 is 0.458. The van der Waals surface area contributed by atoms with Gasteiger partial charge < -0.3 is 14.7 Å². The van der Waals surface area contributed by atoms with Gasteiger partial charge in [-0.1, -0.05) is 12.2 Å². The molecule has 0 aliphatic rings. The van der Waals surface area contributed by atoms with E-state index in [9.17, 15) is 9.90 Å². The van der Waals surface area contributed by atoms with Crippen molar-refractivity contribution in [2.75, 3.05) is 26.2 Å². The smallest absolute Gasteiger partial charge is 0.359 e. The van der Waals surface area contributed by atoms with Gasteiger partial charge in [-0.3, -0.25) is 0 Å². The van der Waals surface area contributed by atoms with Gasteiger partial charge in [0.25, 0.3) is 0 Å². The number of hydrogen-bond acceptors (Lipinski definition) is 2. The largest absolute Gasteiger partial charge is 0.477 e. The number of quaternary nitrogens is 1. The van der Waals surface area contributed by atoms with Crippen molar-refractivity contribution in [3.63, 3.8) is 0 Å². The average molecular weight is 258 g/mol. The number of nitrogens with zero attached hydrogens (tertiary/aromatic N) is 1. The van der Waals surface area contributed by atoms with E-state index < -0.39 is 12.1 Å². The fourth-order valence-corrected chi connectivity index (χ4v) is 2.23. The van der Waals surface area contributed by atoms with E-state index in [4.69, 9.17) is 5.11 Å². The highest BCUT2D eigenvalue weighted by Crippen LogP contribution is 2.12. The standard InChI is InChI=1S/C14H27NO3/c1-4-7-8-9-10-13(16)11-15(5-2,6-3)12-14(17)18/h4,7,13,16H,5-6,8-12H2,1-3H3/p+1/b7-4+. The molecular formula is C14H28NO3+. The Labute approximate surface area is 111 Å². The van der Waals surface area contributed by atoms with Crippen LogP contribution in [0.2, 0.25) is 0 Å². The molecule has 1 atom stereocenters. The summed E-state index contributed by atoms with van der Waals surface area (Å²) in [7, 11) is 0. The van der Waals surface area contributed by atoms with E-state index in [2.05, 4.69) is 6.08 Å². The second-order valence-electron chi connectivity index (χ2n) is 4.86. The van der Waals surface area contributed by atoms with Crippen LogP contribution in [-0.4, -0.2) is 52.9 Å². The number of hydrogen-bond donors (Lipinski definition) is 2. The van der Waals surface area contributed by atoms with Crippen LogP contribution in [0.25, 0.3) is 0 Å². The van der Waals surface area contributed by atoms with Gasteiger partial charge in [0.05, 0.1) is 13.1 Å². The summed E-state index contributed by atoms with van der Waals surface area (Å²) in [5, 5.41) is 19.0. The summed E-state index contributed by atoms with van der Waals surface area (Å²) in [6.07, 6.45) is 6.36. The Morgan fingerprint density at radius 1 is 1.33 bits per heavy atom. The molecule has 0 heterocycles. The van der Waals surface area contributed by atoms with Gasteiger partial charge in [0.1, 0.15) is 12.6 Å². The number of rotatable bonds is 10. The molecule has 0 radical (unpaired) electrons. The lowest BCUT2D eigenvalue weighted by Gasteiger charge is -2.36. The zero-order valence-corrected chi connectivity index (χ0v) is 11.9. The molecule has 18 heavy (non-hydrogen) atoms. The van der Waals surface area contributed by atoms with Crippen molar-refractivity contribution in [2.24, 2.45) is 0 Å². The summed E-state index contributed by atoms with van der Waals surface area (Å²) in [4.78, 5) is 10.9. The van der Waals surface area contributed by atoms with Crippen molar-refractivity contribution in [2.45, 2.75) is 46.1 Å². The molecule has 0 saturated heterocycles. The summed E-state index contributed by atoms with van der Waals surface area (Å²) >= 11 is 0. The second kappa shape index (κ2) is 9.11. The first-order valence-electron chi connectivity index (χ1n) is 6.85. The van der Waals surface area contributed by atoms with E-state index in [1.165, 1.54) is 0 Å². The SMILES string of the molecule is C/C=C/CCCC(O)C[N+](CC)(CC)CC(=O)O. The Kier molecular flexibility index (Phi) is 8.67. The number of carboxylic acids is 1. The molecule has 4 heteroatoms. The Morgan fingerprint density at radius 2 is 1.94 bits per heavy atom. The Bertz CT molecular complexity index is 260. The third-order valence-electron chi connectivity index (χ3n) is 3.55. The fraction of sp³-hybridized carbons (Fsp3) is 0.786. The minimum atomic E-state index is -0.792. The molecule has 2 N–H and O–H groups in total. The van der Waals surface area contributed by atoms with Crippen LogP contribution in [0.5, 0.6) is 0 Å². The highest BCUT2D eigenvalue weighted by molar-refractivity contribution is 5.67. The molecule has 0 rings (SSSR count). The van der Waals surface area contributed by atoms with E-state index in [-0.39, 0.29) is 6.54 Å². The van der Waals surface area contributed by atoms with Gasteiger partial charge in [-0.15, -0.1) is 0 Å². The quantitative estimate of drug-likeness (QED) is 0.358. The molecule has 0 amide bonds. The molecular weight excluding hydrogens is 230 g/mol. The van der Waals surface area contributed by atoms with Gasteiger partial charge in [-0.25, -0.2) is 4.79 Å². The maximum atomic E-state index is 10.9. The van der Waals surface area contributed by atoms with Crippen LogP contribution in [0.15, 0.2) is 12.2 Å². The molecule has 0 spiro atoms. The third kappa shape index (κ3) is 6.77. The minimum Gasteiger partial charge on any atom is -0.477 e. The van der Waals surface area contributed by atoms with E-state index >= 15 is 0 Å². The zero-order valence-electron chi connectivity index (χ0n) is 11.9. The normalized spacial score (nSPS) is 14.0. The Hall–Kier alpha value is -0.870. The zero-order chi connectivity index (χ0) is 14.0. The second-order valence-corrected chi connectivity index (χ2v) is 4.86. The number of aliphatic hydroxyl groups is 1. The maximum absolute atomic E-state index is 10.9. The van der Waals surface area contributed by atoms with Gasteiger partial charge >= 0.3 is 5.97 Å². The summed E-state index contributed by atoms with van der Waals surface area (Å²) in [5.41, 5.74) is 0. The third-order valence-corrected chi connectivity index (χ3v) is 3.55. The van der Waals surface area contributed by atoms with Crippen molar-refractivity contribution in [1.29, 1.82) is 0 Å². The fourth-order valence-electron chi connectivity index (χ4n) is 2.23. The average Bonchev–Trinajstić information content (AvgIpc) is 2.33. The lowest BCUT2D eigenvalue weighted by molar-refractivity contribution is -0.920. The van der Waals surface area contributed by atoms with Crippen molar-refractivity contribution < 1.29 is 19.5 Å². The van der Waals surface area contributed by atoms with Crippen LogP contribution in [0.1, 0.15) is 40.0 Å². The van der Waals surface area contributed by atoms with Gasteiger partial charge in [-0.05, 0) is 40.0 Å². The number of carbonyl (C=O) groups is 1. The molecule has 0 aliphatic heterocycles. The van der Waals surface area contributed by atoms with Gasteiger partial charge in [0.2, 0.25) is 0 Å². The minimum absolute atomic E-state index is 0.0962. The van der Waals surface area contributed by atoms with E-state index in [1.807, 2.05) is 26.8 Å². The monoisotopic (exact) mass is 258 g/mol. The number of allylic oxidation sites excluding steroid dienone is 2. The highest BCUT2D eigenvalue weighted by atomic mass is 16.4. The lowest BCUT2D eigenvalue weighted by Crippen LogP contribution is -2.54. The van der Waals surface area contributed by atoms with Crippen LogP contribution < -0.4 is 0 Å². The summed E-state index contributed by atoms with van der Waals surface area (Å²) in [5.74, 6) is -0.792. The van der Waals surface area contributed by atoms with Crippen molar-refractivity contribution in [3.8, 4) is 0 Å². The Morgan fingerprint density at radius 3 is 2.39 bits per heavy atom. The van der Waals surface area contributed by atoms with Gasteiger partial charge in [-0.2, -0.15) is 0 Å². The molecule has 0 aromatic rings. The molecule has 1 unspecified atom stereocenters. The number of likely N-dealkylation sites (N-methyl/N-ethyl adjacent to an activating group) is 1. The number of carboxylic acid groups (broad SMARTS) is 1. The molecule has 106 valence electrons. The van der Waals surface area contributed by atoms with Crippen LogP contribution in [0.3, 0.4) is 0 Å². The van der Waals surface area contributed by atoms with Crippen molar-refractivity contribution >= 4 is 5.97 Å². The number of aliphatic hydroxyl groups excluding tert-OH is 1. The van der Waals surface area contributed by atoms with Gasteiger partial charge in [0.15, 0.2) is 6.54 Å². The van der Waals surface area contributed by atoms with Crippen LogP contribution in [0, 0.1) is 0 Å². The van der Waals surface area contributed by atoms with E-state index in [0.29, 0.717) is 11.0 Å². The van der Waals surface area contributed by atoms with Gasteiger partial charge in [0, 0.05) is 0 Å². The molecule has 0 saturated carbocycles. The van der Waals surface area contributed by atoms with Crippen molar-refractivity contribution in [1.82, 2.24) is 0 Å². The molecule has 4 nitrogen and oxygen atoms in total. The summed E-state index contributed by atoms with van der Waals surface area (Å²) in [6, 6.07) is 0. The molecule has 0 fully saturated rings. The predicted molar refractivity (Wildman–Crippen MR) is 73.4 cm³/mol. The summed E-state index contributed by atoms with van der Waals surface area (Å²) in [6.45, 7) is 8.08. The number of aliphatic carboxylic acids is 1. The maximum Gasteiger partial charge on any atom is 0.359 e. The molecule has 0 aromatic carbocycles. The van der Waals surface area contributed by atoms with Crippen LogP contribution in [-0.2, 0) is 4.79 Å². The van der Waals surface area contributed by atoms with E-state index in [1.54, 1.807) is 0 Å². The van der Waals surface area contributed by atoms with Crippen LogP contribution in [0.4, 0.5) is 0 Å². The van der Waals surface area contributed by atoms with E-state index in [0.717, 1.165) is 32.4 Å².